The highest BCUT2D eigenvalue weighted by atomic mass is 35.5. The summed E-state index contributed by atoms with van der Waals surface area (Å²) in [5.41, 5.74) is 0. The van der Waals surface area contributed by atoms with Gasteiger partial charge in [-0.25, -0.2) is 4.79 Å². The van der Waals surface area contributed by atoms with Crippen LogP contribution in [-0.4, -0.2) is 59.3 Å². The Morgan fingerprint density at radius 1 is 1.28 bits per heavy atom. The van der Waals surface area contributed by atoms with Crippen LogP contribution in [0.2, 0.25) is 0 Å². The number of nitrogens with zero attached hydrogens (tertiary/aromatic N) is 2. The highest BCUT2D eigenvalue weighted by Gasteiger charge is 2.31. The zero-order valence-corrected chi connectivity index (χ0v) is 11.4. The quantitative estimate of drug-likeness (QED) is 0.726. The molecule has 6 heteroatoms. The molecule has 2 unspecified atom stereocenters. The minimum Gasteiger partial charge on any atom is -0.322 e. The smallest absolute Gasteiger partial charge is 0.322 e. The van der Waals surface area contributed by atoms with Crippen molar-refractivity contribution < 1.29 is 9.59 Å². The molecule has 2 atom stereocenters. The number of piperazine rings is 1. The summed E-state index contributed by atoms with van der Waals surface area (Å²) in [4.78, 5) is 27.5. The average Bonchev–Trinajstić information content (AvgIpc) is 2.37. The number of rotatable bonds is 1. The number of urea groups is 1. The van der Waals surface area contributed by atoms with Crippen molar-refractivity contribution in [1.29, 1.82) is 0 Å². The van der Waals surface area contributed by atoms with Crippen LogP contribution in [0.15, 0.2) is 0 Å². The average molecular weight is 274 g/mol. The fraction of sp³-hybridized carbons (Fsp3) is 0.833. The van der Waals surface area contributed by atoms with Crippen LogP contribution in [0, 0.1) is 0 Å². The van der Waals surface area contributed by atoms with Crippen LogP contribution >= 0.6 is 11.6 Å². The lowest BCUT2D eigenvalue weighted by atomic mass is 10.00. The van der Waals surface area contributed by atoms with Gasteiger partial charge in [-0.3, -0.25) is 15.0 Å². The van der Waals surface area contributed by atoms with Crippen LogP contribution in [0.25, 0.3) is 0 Å². The van der Waals surface area contributed by atoms with Crippen molar-refractivity contribution >= 4 is 23.5 Å². The second-order valence-electron chi connectivity index (χ2n) is 5.04. The summed E-state index contributed by atoms with van der Waals surface area (Å²) in [7, 11) is 0. The highest BCUT2D eigenvalue weighted by Crippen LogP contribution is 2.20. The number of halogens is 1. The monoisotopic (exact) mass is 273 g/mol. The molecule has 102 valence electrons. The minimum atomic E-state index is -0.676. The van der Waals surface area contributed by atoms with Gasteiger partial charge in [0.1, 0.15) is 5.38 Å². The summed E-state index contributed by atoms with van der Waals surface area (Å²) in [6, 6.07) is 0.152. The van der Waals surface area contributed by atoms with E-state index in [-0.39, 0.29) is 6.03 Å². The Balaban J connectivity index is 1.86. The van der Waals surface area contributed by atoms with Gasteiger partial charge in [-0.15, -0.1) is 11.6 Å². The molecule has 0 aromatic heterocycles. The Kier molecular flexibility index (Phi) is 4.45. The zero-order chi connectivity index (χ0) is 13.1. The zero-order valence-electron chi connectivity index (χ0n) is 10.7. The topological polar surface area (TPSA) is 52.7 Å². The first-order valence-electron chi connectivity index (χ1n) is 6.56. The van der Waals surface area contributed by atoms with E-state index in [4.69, 9.17) is 11.6 Å². The maximum atomic E-state index is 11.9. The van der Waals surface area contributed by atoms with E-state index in [1.807, 2.05) is 0 Å². The molecule has 0 radical (unpaired) electrons. The first kappa shape index (κ1) is 13.6. The van der Waals surface area contributed by atoms with Crippen molar-refractivity contribution in [2.75, 3.05) is 26.2 Å². The lowest BCUT2D eigenvalue weighted by molar-refractivity contribution is -0.119. The van der Waals surface area contributed by atoms with Gasteiger partial charge in [0.15, 0.2) is 0 Å². The number of imide groups is 1. The van der Waals surface area contributed by atoms with Gasteiger partial charge >= 0.3 is 6.03 Å². The number of carbonyl (C=O) groups is 2. The van der Waals surface area contributed by atoms with E-state index in [0.29, 0.717) is 12.6 Å². The third-order valence-corrected chi connectivity index (χ3v) is 3.91. The predicted octanol–water partition coefficient (Wildman–Crippen LogP) is 1.02. The Hall–Kier alpha value is -0.810. The number of nitrogens with one attached hydrogen (secondary N) is 1. The molecule has 0 saturated carbocycles. The molecular weight excluding hydrogens is 254 g/mol. The van der Waals surface area contributed by atoms with Crippen LogP contribution in [0.5, 0.6) is 0 Å². The van der Waals surface area contributed by atoms with Crippen molar-refractivity contribution in [2.45, 2.75) is 37.6 Å². The Morgan fingerprint density at radius 3 is 2.78 bits per heavy atom. The number of carbonyl (C=O) groups excluding carboxylic acids is 2. The number of hydrogen-bond acceptors (Lipinski definition) is 3. The second-order valence-corrected chi connectivity index (χ2v) is 5.70. The van der Waals surface area contributed by atoms with E-state index in [1.165, 1.54) is 12.8 Å². The lowest BCUT2D eigenvalue weighted by Gasteiger charge is -2.43. The first-order valence-corrected chi connectivity index (χ1v) is 6.99. The van der Waals surface area contributed by atoms with Crippen molar-refractivity contribution in [3.8, 4) is 0 Å². The highest BCUT2D eigenvalue weighted by molar-refractivity contribution is 6.31. The lowest BCUT2D eigenvalue weighted by Crippen LogP contribution is -2.58. The van der Waals surface area contributed by atoms with E-state index in [2.05, 4.69) is 10.2 Å². The molecule has 2 aliphatic heterocycles. The van der Waals surface area contributed by atoms with Crippen LogP contribution in [0.1, 0.15) is 26.2 Å². The SMILES string of the molecule is CC(Cl)C(=O)NC(=O)N1CCN2CCCCC2C1. The fourth-order valence-corrected chi connectivity index (χ4v) is 2.68. The summed E-state index contributed by atoms with van der Waals surface area (Å²) in [6.07, 6.45) is 3.63. The van der Waals surface area contributed by atoms with E-state index in [9.17, 15) is 9.59 Å². The summed E-state index contributed by atoms with van der Waals surface area (Å²) < 4.78 is 0. The molecule has 0 spiro atoms. The van der Waals surface area contributed by atoms with E-state index < -0.39 is 11.3 Å². The number of piperidine rings is 1. The van der Waals surface area contributed by atoms with Crippen LogP contribution in [0.4, 0.5) is 4.79 Å². The van der Waals surface area contributed by atoms with E-state index in [0.717, 1.165) is 26.1 Å². The molecule has 2 fully saturated rings. The first-order chi connectivity index (χ1) is 8.58. The predicted molar refractivity (Wildman–Crippen MR) is 69.6 cm³/mol. The van der Waals surface area contributed by atoms with Crippen LogP contribution in [-0.2, 0) is 4.79 Å². The summed E-state index contributed by atoms with van der Waals surface area (Å²) in [5, 5.41) is 1.67. The van der Waals surface area contributed by atoms with Gasteiger partial charge < -0.3 is 4.90 Å². The number of fused-ring (bicyclic) bond motifs is 1. The Morgan fingerprint density at radius 2 is 2.06 bits per heavy atom. The van der Waals surface area contributed by atoms with Crippen molar-refractivity contribution in [1.82, 2.24) is 15.1 Å². The molecule has 1 N–H and O–H groups in total. The Labute approximate surface area is 112 Å². The molecule has 0 aromatic rings. The third kappa shape index (κ3) is 3.14. The van der Waals surface area contributed by atoms with Gasteiger partial charge in [-0.1, -0.05) is 6.42 Å². The summed E-state index contributed by atoms with van der Waals surface area (Å²) in [6.45, 7) is 5.01. The number of amides is 3. The van der Waals surface area contributed by atoms with E-state index in [1.54, 1.807) is 11.8 Å². The largest absolute Gasteiger partial charge is 0.324 e. The van der Waals surface area contributed by atoms with Crippen molar-refractivity contribution in [3.63, 3.8) is 0 Å². The van der Waals surface area contributed by atoms with Gasteiger partial charge in [0.2, 0.25) is 5.91 Å². The molecule has 3 amide bonds. The molecule has 2 rings (SSSR count). The number of alkyl halides is 1. The van der Waals surface area contributed by atoms with Crippen LogP contribution in [0.3, 0.4) is 0 Å². The third-order valence-electron chi connectivity index (χ3n) is 3.72. The normalized spacial score (nSPS) is 26.3. The van der Waals surface area contributed by atoms with Crippen molar-refractivity contribution in [3.05, 3.63) is 0 Å². The van der Waals surface area contributed by atoms with Gasteiger partial charge in [0.25, 0.3) is 0 Å². The second kappa shape index (κ2) is 5.89. The van der Waals surface area contributed by atoms with Gasteiger partial charge in [-0.05, 0) is 26.3 Å². The maximum absolute atomic E-state index is 11.9. The van der Waals surface area contributed by atoms with Crippen molar-refractivity contribution in [2.24, 2.45) is 0 Å². The minimum absolute atomic E-state index is 0.308. The molecule has 2 heterocycles. The van der Waals surface area contributed by atoms with Gasteiger partial charge in [0.05, 0.1) is 0 Å². The molecule has 5 nitrogen and oxygen atoms in total. The maximum Gasteiger partial charge on any atom is 0.324 e. The molecule has 0 bridgehead atoms. The van der Waals surface area contributed by atoms with E-state index >= 15 is 0 Å². The summed E-state index contributed by atoms with van der Waals surface area (Å²) in [5.74, 6) is -0.423. The molecule has 2 saturated heterocycles. The fourth-order valence-electron chi connectivity index (χ4n) is 2.62. The number of hydrogen-bond donors (Lipinski definition) is 1. The molecule has 18 heavy (non-hydrogen) atoms. The molecular formula is C12H20ClN3O2. The molecule has 0 aliphatic carbocycles. The van der Waals surface area contributed by atoms with Gasteiger partial charge in [-0.2, -0.15) is 0 Å². The summed E-state index contributed by atoms with van der Waals surface area (Å²) >= 11 is 5.63. The molecule has 0 aromatic carbocycles. The molecule has 2 aliphatic rings. The van der Waals surface area contributed by atoms with Crippen LogP contribution < -0.4 is 5.32 Å². The Bertz CT molecular complexity index is 335. The van der Waals surface area contributed by atoms with Gasteiger partial charge in [0, 0.05) is 25.7 Å². The standard InChI is InChI=1S/C12H20ClN3O2/c1-9(13)11(17)14-12(18)16-7-6-15-5-3-2-4-10(15)8-16/h9-10H,2-8H2,1H3,(H,14,17,18).